The number of aromatic nitrogens is 1. The van der Waals surface area contributed by atoms with Crippen molar-refractivity contribution in [2.75, 3.05) is 18.2 Å². The van der Waals surface area contributed by atoms with Gasteiger partial charge in [-0.3, -0.25) is 19.4 Å². The standard InChI is InChI=1S/C27H30ClF2N5O5/c1-17(37)35(33-13-19-6-5-7-23(30)25(19)28)22(14-32-26(38)40-27(2,3)4)15-39-34(16-36)24-11-20-10-21(29)9-8-18(20)12-31-24/h5-12,16,22,33H,13-15H2,1-4H3,(H,32,38)/t22-/m0/s1. The fourth-order valence-corrected chi connectivity index (χ4v) is 3.82. The molecule has 13 heteroatoms. The van der Waals surface area contributed by atoms with Gasteiger partial charge in [-0.2, -0.15) is 5.06 Å². The van der Waals surface area contributed by atoms with E-state index in [0.29, 0.717) is 22.7 Å². The Hall–Kier alpha value is -3.87. The molecule has 214 valence electrons. The molecule has 0 saturated carbocycles. The van der Waals surface area contributed by atoms with Gasteiger partial charge in [0, 0.05) is 31.6 Å². The Kier molecular flexibility index (Phi) is 10.3. The average molecular weight is 578 g/mol. The molecule has 1 aromatic heterocycles. The zero-order chi connectivity index (χ0) is 29.4. The van der Waals surface area contributed by atoms with E-state index in [1.165, 1.54) is 48.5 Å². The van der Waals surface area contributed by atoms with Crippen molar-refractivity contribution in [3.63, 3.8) is 0 Å². The fraction of sp³-hybridized carbons (Fsp3) is 0.333. The minimum atomic E-state index is -0.891. The third kappa shape index (κ3) is 8.57. The van der Waals surface area contributed by atoms with Crippen LogP contribution >= 0.6 is 11.6 Å². The number of hydrogen-bond acceptors (Lipinski definition) is 7. The van der Waals surface area contributed by atoms with Crippen LogP contribution in [0.4, 0.5) is 19.4 Å². The predicted octanol–water partition coefficient (Wildman–Crippen LogP) is 4.51. The summed E-state index contributed by atoms with van der Waals surface area (Å²) in [5.41, 5.74) is 2.50. The Labute approximate surface area is 235 Å². The molecule has 10 nitrogen and oxygen atoms in total. The fourth-order valence-electron chi connectivity index (χ4n) is 3.63. The summed E-state index contributed by atoms with van der Waals surface area (Å²) in [4.78, 5) is 46.7. The lowest BCUT2D eigenvalue weighted by atomic mass is 10.2. The second-order valence-corrected chi connectivity index (χ2v) is 10.1. The van der Waals surface area contributed by atoms with E-state index >= 15 is 0 Å². The van der Waals surface area contributed by atoms with E-state index in [1.54, 1.807) is 32.9 Å². The van der Waals surface area contributed by atoms with Crippen LogP contribution in [0, 0.1) is 11.6 Å². The van der Waals surface area contributed by atoms with E-state index in [-0.39, 0.29) is 30.5 Å². The summed E-state index contributed by atoms with van der Waals surface area (Å²) in [6.45, 7) is 5.88. The second kappa shape index (κ2) is 13.5. The van der Waals surface area contributed by atoms with Crippen molar-refractivity contribution in [3.05, 3.63) is 70.9 Å². The number of hydrazine groups is 1. The Morgan fingerprint density at radius 1 is 1.15 bits per heavy atom. The van der Waals surface area contributed by atoms with Gasteiger partial charge in [0.2, 0.25) is 12.3 Å². The van der Waals surface area contributed by atoms with E-state index in [2.05, 4.69) is 15.7 Å². The number of fused-ring (bicyclic) bond motifs is 1. The largest absolute Gasteiger partial charge is 0.444 e. The number of carbonyl (C=O) groups excluding carboxylic acids is 3. The molecule has 0 unspecified atom stereocenters. The highest BCUT2D eigenvalue weighted by Crippen LogP contribution is 2.21. The van der Waals surface area contributed by atoms with Crippen molar-refractivity contribution in [1.82, 2.24) is 20.7 Å². The van der Waals surface area contributed by atoms with Gasteiger partial charge in [0.1, 0.15) is 17.2 Å². The normalized spacial score (nSPS) is 12.1. The highest BCUT2D eigenvalue weighted by molar-refractivity contribution is 6.31. The molecule has 3 aromatic rings. The van der Waals surface area contributed by atoms with Gasteiger partial charge in [-0.15, -0.1) is 0 Å². The molecular formula is C27H30ClF2N5O5. The molecule has 0 aliphatic rings. The SMILES string of the molecule is CC(=O)N(NCc1cccc(F)c1Cl)[C@@H](CNC(=O)OC(C)(C)C)CON(C=O)c1cc2cc(F)ccc2cn1. The highest BCUT2D eigenvalue weighted by atomic mass is 35.5. The van der Waals surface area contributed by atoms with Crippen LogP contribution < -0.4 is 15.8 Å². The zero-order valence-corrected chi connectivity index (χ0v) is 23.2. The molecule has 3 rings (SSSR count). The van der Waals surface area contributed by atoms with Gasteiger partial charge in [-0.05, 0) is 62.1 Å². The van der Waals surface area contributed by atoms with Crippen molar-refractivity contribution >= 4 is 46.6 Å². The lowest BCUT2D eigenvalue weighted by Crippen LogP contribution is -2.55. The van der Waals surface area contributed by atoms with Gasteiger partial charge in [0.25, 0.3) is 0 Å². The maximum atomic E-state index is 13.9. The van der Waals surface area contributed by atoms with Gasteiger partial charge < -0.3 is 10.1 Å². The van der Waals surface area contributed by atoms with E-state index in [1.807, 2.05) is 0 Å². The molecule has 1 atom stereocenters. The summed E-state index contributed by atoms with van der Waals surface area (Å²) in [6, 6.07) is 8.98. The number of amides is 3. The van der Waals surface area contributed by atoms with Crippen LogP contribution in [-0.2, 0) is 25.7 Å². The number of ether oxygens (including phenoxy) is 1. The number of benzene rings is 2. The predicted molar refractivity (Wildman–Crippen MR) is 145 cm³/mol. The Bertz CT molecular complexity index is 1370. The van der Waals surface area contributed by atoms with Crippen LogP contribution in [0.3, 0.4) is 0 Å². The summed E-state index contributed by atoms with van der Waals surface area (Å²) in [5, 5.41) is 5.61. The number of carbonyl (C=O) groups is 3. The van der Waals surface area contributed by atoms with Crippen LogP contribution in [0.5, 0.6) is 0 Å². The number of hydroxylamine groups is 1. The number of anilines is 1. The summed E-state index contributed by atoms with van der Waals surface area (Å²) < 4.78 is 32.9. The van der Waals surface area contributed by atoms with Crippen LogP contribution in [0.2, 0.25) is 5.02 Å². The number of pyridine rings is 1. The highest BCUT2D eigenvalue weighted by Gasteiger charge is 2.26. The van der Waals surface area contributed by atoms with E-state index in [0.717, 1.165) is 5.06 Å². The first-order chi connectivity index (χ1) is 18.9. The first kappa shape index (κ1) is 30.7. The van der Waals surface area contributed by atoms with E-state index in [4.69, 9.17) is 21.2 Å². The van der Waals surface area contributed by atoms with Gasteiger partial charge in [-0.1, -0.05) is 23.7 Å². The van der Waals surface area contributed by atoms with Gasteiger partial charge in [0.05, 0.1) is 17.7 Å². The molecule has 2 aromatic carbocycles. The molecule has 0 aliphatic heterocycles. The Balaban J connectivity index is 1.81. The van der Waals surface area contributed by atoms with Crippen LogP contribution in [0.25, 0.3) is 10.8 Å². The first-order valence-electron chi connectivity index (χ1n) is 12.2. The molecule has 0 aliphatic carbocycles. The van der Waals surface area contributed by atoms with Crippen molar-refractivity contribution in [2.45, 2.75) is 45.9 Å². The van der Waals surface area contributed by atoms with Crippen LogP contribution in [0.1, 0.15) is 33.3 Å². The zero-order valence-electron chi connectivity index (χ0n) is 22.4. The number of hydrogen-bond donors (Lipinski definition) is 2. The van der Waals surface area contributed by atoms with E-state index in [9.17, 15) is 23.2 Å². The molecule has 0 saturated heterocycles. The van der Waals surface area contributed by atoms with Crippen LogP contribution in [0.15, 0.2) is 48.7 Å². The molecule has 3 amide bonds. The Morgan fingerprint density at radius 3 is 2.58 bits per heavy atom. The number of halogens is 3. The van der Waals surface area contributed by atoms with Crippen molar-refractivity contribution in [1.29, 1.82) is 0 Å². The summed E-state index contributed by atoms with van der Waals surface area (Å²) in [7, 11) is 0. The third-order valence-corrected chi connectivity index (χ3v) is 5.88. The lowest BCUT2D eigenvalue weighted by molar-refractivity contribution is -0.137. The molecule has 2 N–H and O–H groups in total. The molecule has 0 spiro atoms. The van der Waals surface area contributed by atoms with Crippen molar-refractivity contribution in [2.24, 2.45) is 0 Å². The molecular weight excluding hydrogens is 548 g/mol. The average Bonchev–Trinajstić information content (AvgIpc) is 2.88. The summed E-state index contributed by atoms with van der Waals surface area (Å²) in [6.07, 6.45) is 1.08. The Morgan fingerprint density at radius 2 is 1.90 bits per heavy atom. The quantitative estimate of drug-likeness (QED) is 0.255. The van der Waals surface area contributed by atoms with Gasteiger partial charge >= 0.3 is 6.09 Å². The number of nitrogens with zero attached hydrogens (tertiary/aromatic N) is 3. The third-order valence-electron chi connectivity index (χ3n) is 5.45. The molecule has 40 heavy (non-hydrogen) atoms. The number of rotatable bonds is 11. The maximum absolute atomic E-state index is 13.9. The van der Waals surface area contributed by atoms with Gasteiger partial charge in [-0.25, -0.2) is 24.0 Å². The number of nitrogens with one attached hydrogen (secondary N) is 2. The second-order valence-electron chi connectivity index (χ2n) is 9.73. The van der Waals surface area contributed by atoms with Crippen molar-refractivity contribution in [3.8, 4) is 0 Å². The topological polar surface area (TPSA) is 113 Å². The van der Waals surface area contributed by atoms with E-state index < -0.39 is 35.3 Å². The molecule has 0 bridgehead atoms. The monoisotopic (exact) mass is 577 g/mol. The maximum Gasteiger partial charge on any atom is 0.407 e. The number of alkyl carbamates (subject to hydrolysis) is 1. The molecule has 0 fully saturated rings. The van der Waals surface area contributed by atoms with Gasteiger partial charge in [0.15, 0.2) is 5.82 Å². The molecule has 1 heterocycles. The summed E-state index contributed by atoms with van der Waals surface area (Å²) in [5.74, 6) is -1.48. The smallest absolute Gasteiger partial charge is 0.407 e. The first-order valence-corrected chi connectivity index (χ1v) is 12.6. The minimum Gasteiger partial charge on any atom is -0.444 e. The summed E-state index contributed by atoms with van der Waals surface area (Å²) >= 11 is 6.05. The van der Waals surface area contributed by atoms with Crippen LogP contribution in [-0.4, -0.2) is 53.2 Å². The van der Waals surface area contributed by atoms with Crippen molar-refractivity contribution < 1.29 is 32.7 Å². The lowest BCUT2D eigenvalue weighted by Gasteiger charge is -2.32. The molecule has 0 radical (unpaired) electrons. The minimum absolute atomic E-state index is 0.0334.